The lowest BCUT2D eigenvalue weighted by Crippen LogP contribution is -2.40. The van der Waals surface area contributed by atoms with Crippen LogP contribution >= 0.6 is 81.9 Å². The molecule has 0 saturated carbocycles. The minimum absolute atomic E-state index is 0.265. The highest BCUT2D eigenvalue weighted by Gasteiger charge is 2.40. The molecule has 1 aliphatic heterocycles. The molecule has 1 fully saturated rings. The maximum absolute atomic E-state index is 4.67. The molecule has 1 heterocycles. The molecular weight excluding hydrogens is 405 g/mol. The molecule has 2 atom stereocenters. The van der Waals surface area contributed by atoms with E-state index in [1.165, 1.54) is 57.1 Å². The standard InChI is InChI=1S/C15H30S7/c16-10-13-11-20-22-21-15(13,12-17)9-7-5-3-1-2-4-6-8-14(18)19/h13-14,16-19H,1-12H2. The van der Waals surface area contributed by atoms with Crippen LogP contribution in [-0.2, 0) is 0 Å². The second-order valence-corrected chi connectivity index (χ2v) is 12.9. The third kappa shape index (κ3) is 8.70. The lowest BCUT2D eigenvalue weighted by molar-refractivity contribution is 0.435. The third-order valence-corrected chi connectivity index (χ3v) is 11.1. The molecule has 0 aliphatic carbocycles. The van der Waals surface area contributed by atoms with E-state index in [0.717, 1.165) is 17.9 Å². The van der Waals surface area contributed by atoms with E-state index in [1.807, 2.05) is 20.6 Å². The van der Waals surface area contributed by atoms with Crippen molar-refractivity contribution in [2.24, 2.45) is 5.92 Å². The fourth-order valence-electron chi connectivity index (χ4n) is 2.76. The van der Waals surface area contributed by atoms with Gasteiger partial charge in [-0.05, 0) is 34.3 Å². The first-order valence-corrected chi connectivity index (χ1v) is 14.1. The smallest absolute Gasteiger partial charge is 0.0442 e. The van der Waals surface area contributed by atoms with Crippen LogP contribution in [0.15, 0.2) is 0 Å². The molecule has 7 heteroatoms. The molecule has 1 rings (SSSR count). The van der Waals surface area contributed by atoms with Gasteiger partial charge in [-0.2, -0.15) is 50.5 Å². The summed E-state index contributed by atoms with van der Waals surface area (Å²) in [4.78, 5) is 0. The Kier molecular flexibility index (Phi) is 13.9. The van der Waals surface area contributed by atoms with Crippen LogP contribution in [0.3, 0.4) is 0 Å². The Bertz CT molecular complexity index is 275. The van der Waals surface area contributed by atoms with E-state index in [-0.39, 0.29) is 4.58 Å². The summed E-state index contributed by atoms with van der Waals surface area (Å²) in [5.41, 5.74) is 0. The summed E-state index contributed by atoms with van der Waals surface area (Å²) in [7, 11) is 6.01. The molecule has 0 spiro atoms. The molecule has 1 aliphatic rings. The second-order valence-electron chi connectivity index (χ2n) is 6.03. The summed E-state index contributed by atoms with van der Waals surface area (Å²) in [6.45, 7) is 0. The van der Waals surface area contributed by atoms with Gasteiger partial charge in [-0.25, -0.2) is 0 Å². The van der Waals surface area contributed by atoms with Gasteiger partial charge in [0.2, 0.25) is 0 Å². The Hall–Kier alpha value is 2.45. The molecule has 1 saturated heterocycles. The highest BCUT2D eigenvalue weighted by Crippen LogP contribution is 2.56. The SMILES string of the molecule is SCC1CSSSC1(CS)CCCCCCCCCC(S)S. The molecule has 0 nitrogen and oxygen atoms in total. The maximum Gasteiger partial charge on any atom is 0.0442 e. The number of hydrogen-bond donors (Lipinski definition) is 4. The summed E-state index contributed by atoms with van der Waals surface area (Å²) in [5, 5.41) is 0. The first-order chi connectivity index (χ1) is 10.6. The molecule has 0 amide bonds. The predicted molar refractivity (Wildman–Crippen MR) is 125 cm³/mol. The highest BCUT2D eigenvalue weighted by molar-refractivity contribution is 9.09. The number of rotatable bonds is 12. The largest absolute Gasteiger partial charge is 0.179 e. The molecule has 0 radical (unpaired) electrons. The summed E-state index contributed by atoms with van der Waals surface area (Å²) in [6.07, 6.45) is 11.9. The van der Waals surface area contributed by atoms with Gasteiger partial charge in [0.25, 0.3) is 0 Å². The Morgan fingerprint density at radius 3 is 2.18 bits per heavy atom. The third-order valence-electron chi connectivity index (χ3n) is 4.31. The van der Waals surface area contributed by atoms with E-state index in [2.05, 4.69) is 61.3 Å². The van der Waals surface area contributed by atoms with E-state index < -0.39 is 0 Å². The fraction of sp³-hybridized carbons (Fsp3) is 1.00. The second kappa shape index (κ2) is 13.6. The number of thiol groups is 4. The Morgan fingerprint density at radius 1 is 0.955 bits per heavy atom. The first-order valence-electron chi connectivity index (χ1n) is 8.20. The van der Waals surface area contributed by atoms with Crippen LogP contribution in [0, 0.1) is 5.92 Å². The predicted octanol–water partition coefficient (Wildman–Crippen LogP) is 6.94. The van der Waals surface area contributed by atoms with Crippen LogP contribution in [0.2, 0.25) is 0 Å². The first kappa shape index (κ1) is 22.5. The van der Waals surface area contributed by atoms with Gasteiger partial charge in [-0.1, -0.05) is 66.5 Å². The van der Waals surface area contributed by atoms with E-state index >= 15 is 0 Å². The van der Waals surface area contributed by atoms with Crippen LogP contribution in [0.5, 0.6) is 0 Å². The molecule has 0 aromatic carbocycles. The van der Waals surface area contributed by atoms with Gasteiger partial charge in [-0.3, -0.25) is 0 Å². The van der Waals surface area contributed by atoms with Gasteiger partial charge in [-0.15, -0.1) is 0 Å². The quantitative estimate of drug-likeness (QED) is 0.114. The van der Waals surface area contributed by atoms with Crippen LogP contribution in [-0.4, -0.2) is 26.6 Å². The van der Waals surface area contributed by atoms with Gasteiger partial charge >= 0.3 is 0 Å². The van der Waals surface area contributed by atoms with E-state index in [1.54, 1.807) is 0 Å². The van der Waals surface area contributed by atoms with Crippen molar-refractivity contribution in [1.29, 1.82) is 0 Å². The molecule has 22 heavy (non-hydrogen) atoms. The van der Waals surface area contributed by atoms with E-state index in [4.69, 9.17) is 0 Å². The van der Waals surface area contributed by atoms with Crippen molar-refractivity contribution in [3.8, 4) is 0 Å². The summed E-state index contributed by atoms with van der Waals surface area (Å²) >= 11 is 17.8. The minimum Gasteiger partial charge on any atom is -0.179 e. The molecular formula is C15H30S7. The van der Waals surface area contributed by atoms with Crippen molar-refractivity contribution in [2.75, 3.05) is 17.3 Å². The van der Waals surface area contributed by atoms with Gasteiger partial charge in [0.1, 0.15) is 0 Å². The minimum atomic E-state index is 0.265. The maximum atomic E-state index is 4.67. The van der Waals surface area contributed by atoms with Crippen molar-refractivity contribution < 1.29 is 0 Å². The van der Waals surface area contributed by atoms with Crippen molar-refractivity contribution in [3.05, 3.63) is 0 Å². The van der Waals surface area contributed by atoms with Crippen molar-refractivity contribution in [3.63, 3.8) is 0 Å². The fourth-order valence-corrected chi connectivity index (χ4v) is 10.5. The number of hydrogen-bond acceptors (Lipinski definition) is 7. The summed E-state index contributed by atoms with van der Waals surface area (Å²) < 4.78 is 0.621. The molecule has 0 bridgehead atoms. The van der Waals surface area contributed by atoms with Crippen molar-refractivity contribution in [2.45, 2.75) is 67.1 Å². The van der Waals surface area contributed by atoms with Crippen LogP contribution in [0.1, 0.15) is 57.8 Å². The average molecular weight is 435 g/mol. The monoisotopic (exact) mass is 434 g/mol. The van der Waals surface area contributed by atoms with Gasteiger partial charge in [0.05, 0.1) is 0 Å². The van der Waals surface area contributed by atoms with Crippen LogP contribution in [0.25, 0.3) is 0 Å². The van der Waals surface area contributed by atoms with Gasteiger partial charge in [0.15, 0.2) is 0 Å². The zero-order valence-corrected chi connectivity index (χ0v) is 19.2. The highest BCUT2D eigenvalue weighted by atomic mass is 33.5. The van der Waals surface area contributed by atoms with Crippen LogP contribution in [0.4, 0.5) is 0 Å². The molecule has 2 unspecified atom stereocenters. The average Bonchev–Trinajstić information content (AvgIpc) is 2.53. The van der Waals surface area contributed by atoms with Crippen molar-refractivity contribution >= 4 is 81.9 Å². The van der Waals surface area contributed by atoms with Gasteiger partial charge < -0.3 is 0 Å². The molecule has 0 aromatic heterocycles. The number of unbranched alkanes of at least 4 members (excludes halogenated alkanes) is 6. The Balaban J connectivity index is 2.09. The zero-order valence-electron chi connectivity index (χ0n) is 13.2. The molecule has 0 N–H and O–H groups in total. The molecule has 132 valence electrons. The zero-order chi connectivity index (χ0) is 16.3. The lowest BCUT2D eigenvalue weighted by atomic mass is 9.90. The van der Waals surface area contributed by atoms with E-state index in [9.17, 15) is 0 Å². The molecule has 0 aromatic rings. The van der Waals surface area contributed by atoms with Crippen LogP contribution < -0.4 is 0 Å². The normalized spacial score (nSPS) is 25.8. The van der Waals surface area contributed by atoms with E-state index in [0.29, 0.717) is 10.7 Å². The Labute approximate surface area is 171 Å². The summed E-state index contributed by atoms with van der Waals surface area (Å²) in [5.74, 6) is 3.93. The lowest BCUT2D eigenvalue weighted by Gasteiger charge is -2.41. The summed E-state index contributed by atoms with van der Waals surface area (Å²) in [6, 6.07) is 0. The topological polar surface area (TPSA) is 0 Å². The van der Waals surface area contributed by atoms with Gasteiger partial charge in [0, 0.05) is 20.8 Å². The van der Waals surface area contributed by atoms with Crippen molar-refractivity contribution in [1.82, 2.24) is 0 Å². The Morgan fingerprint density at radius 2 is 1.59 bits per heavy atom.